The van der Waals surface area contributed by atoms with E-state index in [1.165, 1.54) is 12.1 Å². The minimum atomic E-state index is 0. The monoisotopic (exact) mass is 198 g/mol. The first-order chi connectivity index (χ1) is 5.86. The molecule has 1 aromatic carbocycles. The van der Waals surface area contributed by atoms with Crippen molar-refractivity contribution in [3.63, 3.8) is 0 Å². The van der Waals surface area contributed by atoms with Crippen LogP contribution in [0.5, 0.6) is 0 Å². The van der Waals surface area contributed by atoms with E-state index in [2.05, 4.69) is 41.6 Å². The summed E-state index contributed by atoms with van der Waals surface area (Å²) >= 11 is 0. The topological polar surface area (TPSA) is 15.3 Å². The number of benzene rings is 1. The van der Waals surface area contributed by atoms with Crippen LogP contribution in [-0.4, -0.2) is 12.6 Å². The number of para-hydroxylation sites is 1. The van der Waals surface area contributed by atoms with E-state index in [9.17, 15) is 0 Å². The predicted molar refractivity (Wildman–Crippen MR) is 58.3 cm³/mol. The summed E-state index contributed by atoms with van der Waals surface area (Å²) in [4.78, 5) is 0. The van der Waals surface area contributed by atoms with Gasteiger partial charge < -0.3 is 5.01 Å². The van der Waals surface area contributed by atoms with E-state index in [1.54, 1.807) is 0 Å². The second-order valence-corrected chi connectivity index (χ2v) is 3.31. The molecule has 72 valence electrons. The van der Waals surface area contributed by atoms with Crippen LogP contribution in [0.15, 0.2) is 30.3 Å². The Labute approximate surface area is 85.3 Å². The Bertz CT molecular complexity index is 250. The van der Waals surface area contributed by atoms with Crippen LogP contribution in [-0.2, 0) is 0 Å². The number of halogens is 1. The molecule has 1 saturated heterocycles. The lowest BCUT2D eigenvalue weighted by Crippen LogP contribution is -2.33. The van der Waals surface area contributed by atoms with Gasteiger partial charge in [-0.3, -0.25) is 0 Å². The maximum absolute atomic E-state index is 3.40. The van der Waals surface area contributed by atoms with Gasteiger partial charge >= 0.3 is 0 Å². The maximum Gasteiger partial charge on any atom is 0.0519 e. The molecule has 0 bridgehead atoms. The van der Waals surface area contributed by atoms with E-state index in [0.717, 1.165) is 6.54 Å². The fraction of sp³-hybridized carbons (Fsp3) is 0.400. The summed E-state index contributed by atoms with van der Waals surface area (Å²) in [6, 6.07) is 11.1. The van der Waals surface area contributed by atoms with E-state index in [-0.39, 0.29) is 12.4 Å². The predicted octanol–water partition coefficient (Wildman–Crippen LogP) is 2.21. The molecule has 1 aliphatic heterocycles. The van der Waals surface area contributed by atoms with Crippen molar-refractivity contribution in [1.29, 1.82) is 0 Å². The highest BCUT2D eigenvalue weighted by atomic mass is 35.5. The molecule has 13 heavy (non-hydrogen) atoms. The average Bonchev–Trinajstić information content (AvgIpc) is 2.54. The van der Waals surface area contributed by atoms with Gasteiger partial charge in [0.15, 0.2) is 0 Å². The zero-order chi connectivity index (χ0) is 8.39. The summed E-state index contributed by atoms with van der Waals surface area (Å²) < 4.78 is 0. The third-order valence-corrected chi connectivity index (χ3v) is 2.23. The van der Waals surface area contributed by atoms with Gasteiger partial charge in [0.25, 0.3) is 0 Å². The number of nitrogens with zero attached hydrogens (tertiary/aromatic N) is 1. The van der Waals surface area contributed by atoms with Crippen LogP contribution in [0.2, 0.25) is 0 Å². The van der Waals surface area contributed by atoms with Crippen LogP contribution in [0.1, 0.15) is 13.3 Å². The molecule has 1 unspecified atom stereocenters. The van der Waals surface area contributed by atoms with Crippen LogP contribution in [0.3, 0.4) is 0 Å². The Kier molecular flexibility index (Phi) is 3.58. The van der Waals surface area contributed by atoms with Crippen LogP contribution >= 0.6 is 12.4 Å². The summed E-state index contributed by atoms with van der Waals surface area (Å²) in [7, 11) is 0. The Morgan fingerprint density at radius 2 is 2.00 bits per heavy atom. The van der Waals surface area contributed by atoms with Crippen LogP contribution < -0.4 is 10.4 Å². The highest BCUT2D eigenvalue weighted by Crippen LogP contribution is 2.16. The van der Waals surface area contributed by atoms with E-state index in [0.29, 0.717) is 6.04 Å². The first kappa shape index (κ1) is 10.4. The van der Waals surface area contributed by atoms with E-state index in [1.807, 2.05) is 6.07 Å². The molecule has 1 atom stereocenters. The lowest BCUT2D eigenvalue weighted by Gasteiger charge is -2.18. The van der Waals surface area contributed by atoms with Gasteiger partial charge in [0.1, 0.15) is 0 Å². The van der Waals surface area contributed by atoms with Crippen LogP contribution in [0, 0.1) is 0 Å². The highest BCUT2D eigenvalue weighted by Gasteiger charge is 2.17. The van der Waals surface area contributed by atoms with E-state index >= 15 is 0 Å². The first-order valence-electron chi connectivity index (χ1n) is 4.45. The van der Waals surface area contributed by atoms with Crippen molar-refractivity contribution in [3.8, 4) is 0 Å². The summed E-state index contributed by atoms with van der Waals surface area (Å²) in [5.41, 5.74) is 4.67. The number of hydrazine groups is 1. The van der Waals surface area contributed by atoms with Crippen molar-refractivity contribution in [2.45, 2.75) is 19.4 Å². The van der Waals surface area contributed by atoms with Crippen LogP contribution in [0.25, 0.3) is 0 Å². The Morgan fingerprint density at radius 1 is 1.31 bits per heavy atom. The molecular weight excluding hydrogens is 184 g/mol. The second-order valence-electron chi connectivity index (χ2n) is 3.31. The molecule has 0 amide bonds. The largest absolute Gasteiger partial charge is 0.308 e. The minimum Gasteiger partial charge on any atom is -0.308 e. The van der Waals surface area contributed by atoms with Gasteiger partial charge in [-0.2, -0.15) is 0 Å². The van der Waals surface area contributed by atoms with Crippen molar-refractivity contribution in [1.82, 2.24) is 5.43 Å². The fourth-order valence-corrected chi connectivity index (χ4v) is 1.53. The lowest BCUT2D eigenvalue weighted by molar-refractivity contribution is 0.642. The van der Waals surface area contributed by atoms with Gasteiger partial charge in [0.05, 0.1) is 5.69 Å². The zero-order valence-corrected chi connectivity index (χ0v) is 8.55. The first-order valence-corrected chi connectivity index (χ1v) is 4.45. The van der Waals surface area contributed by atoms with Crippen molar-refractivity contribution in [2.24, 2.45) is 0 Å². The zero-order valence-electron chi connectivity index (χ0n) is 7.73. The molecule has 0 aliphatic carbocycles. The number of anilines is 1. The maximum atomic E-state index is 3.40. The van der Waals surface area contributed by atoms with Gasteiger partial charge in [0, 0.05) is 12.6 Å². The molecule has 1 aliphatic rings. The standard InChI is InChI=1S/C10H14N2.ClH/c1-9-7-8-12(11-9)10-5-3-2-4-6-10;/h2-6,9,11H,7-8H2,1H3;1H. The van der Waals surface area contributed by atoms with Crippen molar-refractivity contribution >= 4 is 18.1 Å². The second kappa shape index (κ2) is 4.49. The molecule has 2 nitrogen and oxygen atoms in total. The van der Waals surface area contributed by atoms with Crippen molar-refractivity contribution in [3.05, 3.63) is 30.3 Å². The molecule has 3 heteroatoms. The molecule has 1 fully saturated rings. The van der Waals surface area contributed by atoms with Gasteiger partial charge in [-0.05, 0) is 25.5 Å². The lowest BCUT2D eigenvalue weighted by atomic mass is 10.3. The SMILES string of the molecule is CC1CCN(c2ccccc2)N1.Cl. The molecule has 0 saturated carbocycles. The number of hydrogen-bond donors (Lipinski definition) is 1. The normalized spacial score (nSPS) is 21.3. The van der Waals surface area contributed by atoms with Gasteiger partial charge in [-0.25, -0.2) is 5.43 Å². The van der Waals surface area contributed by atoms with Crippen LogP contribution in [0.4, 0.5) is 5.69 Å². The quantitative estimate of drug-likeness (QED) is 0.745. The molecule has 1 heterocycles. The third kappa shape index (κ3) is 2.36. The summed E-state index contributed by atoms with van der Waals surface area (Å²) in [5.74, 6) is 0. The molecule has 1 N–H and O–H groups in total. The molecule has 1 aromatic rings. The summed E-state index contributed by atoms with van der Waals surface area (Å²) in [6.45, 7) is 3.33. The van der Waals surface area contributed by atoms with Crippen molar-refractivity contribution in [2.75, 3.05) is 11.6 Å². The Morgan fingerprint density at radius 3 is 2.54 bits per heavy atom. The number of rotatable bonds is 1. The summed E-state index contributed by atoms with van der Waals surface area (Å²) in [5, 5.41) is 2.21. The smallest absolute Gasteiger partial charge is 0.0519 e. The molecule has 0 radical (unpaired) electrons. The number of nitrogens with one attached hydrogen (secondary N) is 1. The van der Waals surface area contributed by atoms with E-state index in [4.69, 9.17) is 0 Å². The van der Waals surface area contributed by atoms with Gasteiger partial charge in [-0.1, -0.05) is 18.2 Å². The summed E-state index contributed by atoms with van der Waals surface area (Å²) in [6.07, 6.45) is 1.23. The Hall–Kier alpha value is -0.730. The molecule has 2 rings (SSSR count). The van der Waals surface area contributed by atoms with E-state index < -0.39 is 0 Å². The average molecular weight is 199 g/mol. The molecule has 0 aromatic heterocycles. The third-order valence-electron chi connectivity index (χ3n) is 2.23. The van der Waals surface area contributed by atoms with Gasteiger partial charge in [0.2, 0.25) is 0 Å². The molecule has 0 spiro atoms. The minimum absolute atomic E-state index is 0. The Balaban J connectivity index is 0.000000845. The molecular formula is C10H15ClN2. The fourth-order valence-electron chi connectivity index (χ4n) is 1.53. The van der Waals surface area contributed by atoms with Crippen molar-refractivity contribution < 1.29 is 0 Å². The highest BCUT2D eigenvalue weighted by molar-refractivity contribution is 5.85. The number of hydrogen-bond acceptors (Lipinski definition) is 2. The van der Waals surface area contributed by atoms with Gasteiger partial charge in [-0.15, -0.1) is 12.4 Å².